The van der Waals surface area contributed by atoms with Gasteiger partial charge in [-0.05, 0) is 24.3 Å². The number of aromatic hydroxyl groups is 1. The van der Waals surface area contributed by atoms with Crippen LogP contribution in [0.3, 0.4) is 0 Å². The van der Waals surface area contributed by atoms with E-state index >= 15 is 0 Å². The highest BCUT2D eigenvalue weighted by Gasteiger charge is 2.08. The van der Waals surface area contributed by atoms with Gasteiger partial charge in [0.2, 0.25) is 0 Å². The van der Waals surface area contributed by atoms with Gasteiger partial charge in [-0.3, -0.25) is 4.79 Å². The van der Waals surface area contributed by atoms with Gasteiger partial charge in [0.1, 0.15) is 5.75 Å². The zero-order valence-corrected chi connectivity index (χ0v) is 11.6. The fourth-order valence-electron chi connectivity index (χ4n) is 1.39. The third kappa shape index (κ3) is 4.30. The summed E-state index contributed by atoms with van der Waals surface area (Å²) in [4.78, 5) is 11.8. The van der Waals surface area contributed by atoms with Gasteiger partial charge in [0, 0.05) is 16.7 Å². The number of amides is 1. The predicted molar refractivity (Wildman–Crippen MR) is 78.9 cm³/mol. The minimum atomic E-state index is -0.275. The Kier molecular flexibility index (Phi) is 5.90. The third-order valence-corrected chi connectivity index (χ3v) is 2.48. The van der Waals surface area contributed by atoms with Gasteiger partial charge in [-0.25, -0.2) is 0 Å². The molecule has 0 aliphatic rings. The highest BCUT2D eigenvalue weighted by Crippen LogP contribution is 2.26. The first-order valence-corrected chi connectivity index (χ1v) is 6.39. The van der Waals surface area contributed by atoms with Crippen molar-refractivity contribution >= 4 is 23.2 Å². The van der Waals surface area contributed by atoms with Crippen molar-refractivity contribution in [3.63, 3.8) is 0 Å². The van der Waals surface area contributed by atoms with E-state index in [2.05, 4.69) is 5.32 Å². The van der Waals surface area contributed by atoms with E-state index in [1.165, 1.54) is 6.07 Å². The van der Waals surface area contributed by atoms with E-state index in [9.17, 15) is 9.90 Å². The normalized spacial score (nSPS) is 9.21. The summed E-state index contributed by atoms with van der Waals surface area (Å²) in [6, 6.07) is 13.3. The number of hydrogen-bond acceptors (Lipinski definition) is 2. The number of rotatable bonds is 2. The molecule has 100 valence electrons. The third-order valence-electron chi connectivity index (χ3n) is 2.24. The Labute approximate surface area is 117 Å². The van der Waals surface area contributed by atoms with Crippen LogP contribution < -0.4 is 5.32 Å². The average molecular weight is 278 g/mol. The summed E-state index contributed by atoms with van der Waals surface area (Å²) in [5.41, 5.74) is 0.866. The van der Waals surface area contributed by atoms with Crippen molar-refractivity contribution in [2.24, 2.45) is 0 Å². The molecule has 19 heavy (non-hydrogen) atoms. The number of benzene rings is 2. The number of carbonyl (C=O) groups excluding carboxylic acids is 1. The van der Waals surface area contributed by atoms with Crippen LogP contribution in [0.25, 0.3) is 0 Å². The molecule has 0 aliphatic carbocycles. The van der Waals surface area contributed by atoms with Gasteiger partial charge in [-0.15, -0.1) is 0 Å². The average Bonchev–Trinajstić information content (AvgIpc) is 2.45. The van der Waals surface area contributed by atoms with E-state index in [1.807, 2.05) is 19.9 Å². The van der Waals surface area contributed by atoms with Crippen molar-refractivity contribution in [1.82, 2.24) is 0 Å². The summed E-state index contributed by atoms with van der Waals surface area (Å²) in [6.07, 6.45) is 0. The van der Waals surface area contributed by atoms with E-state index in [0.717, 1.165) is 0 Å². The van der Waals surface area contributed by atoms with E-state index in [4.69, 9.17) is 11.6 Å². The molecule has 0 fully saturated rings. The quantitative estimate of drug-likeness (QED) is 0.803. The monoisotopic (exact) mass is 277 g/mol. The number of phenols is 1. The van der Waals surface area contributed by atoms with Crippen molar-refractivity contribution in [1.29, 1.82) is 0 Å². The van der Waals surface area contributed by atoms with Crippen LogP contribution in [0.1, 0.15) is 24.2 Å². The predicted octanol–water partition coefficient (Wildman–Crippen LogP) is 4.32. The van der Waals surface area contributed by atoms with Crippen molar-refractivity contribution in [2.75, 3.05) is 5.32 Å². The zero-order valence-electron chi connectivity index (χ0n) is 10.9. The van der Waals surface area contributed by atoms with Crippen LogP contribution in [0.15, 0.2) is 48.5 Å². The van der Waals surface area contributed by atoms with Gasteiger partial charge in [-0.1, -0.05) is 43.6 Å². The smallest absolute Gasteiger partial charge is 0.255 e. The maximum absolute atomic E-state index is 11.8. The van der Waals surface area contributed by atoms with Crippen molar-refractivity contribution in [3.05, 3.63) is 59.1 Å². The first kappa shape index (κ1) is 15.1. The Morgan fingerprint density at radius 2 is 1.74 bits per heavy atom. The highest BCUT2D eigenvalue weighted by molar-refractivity contribution is 6.30. The Morgan fingerprint density at radius 3 is 2.32 bits per heavy atom. The Balaban J connectivity index is 0.000000861. The second-order valence-electron chi connectivity index (χ2n) is 3.48. The molecule has 0 atom stereocenters. The molecular weight excluding hydrogens is 262 g/mol. The fraction of sp³-hybridized carbons (Fsp3) is 0.133. The van der Waals surface area contributed by atoms with E-state index in [1.54, 1.807) is 36.4 Å². The molecule has 4 heteroatoms. The fourth-order valence-corrected chi connectivity index (χ4v) is 1.56. The number of hydrogen-bond donors (Lipinski definition) is 2. The molecule has 0 heterocycles. The lowest BCUT2D eigenvalue weighted by Crippen LogP contribution is -2.11. The number of carbonyl (C=O) groups is 1. The van der Waals surface area contributed by atoms with Gasteiger partial charge in [0.25, 0.3) is 5.91 Å². The molecule has 0 saturated heterocycles. The summed E-state index contributed by atoms with van der Waals surface area (Å²) in [5, 5.41) is 12.6. The molecule has 3 nitrogen and oxygen atoms in total. The summed E-state index contributed by atoms with van der Waals surface area (Å²) in [6.45, 7) is 4.00. The second-order valence-corrected chi connectivity index (χ2v) is 3.92. The second kappa shape index (κ2) is 7.44. The summed E-state index contributed by atoms with van der Waals surface area (Å²) in [5.74, 6) is -0.329. The van der Waals surface area contributed by atoms with Crippen LogP contribution >= 0.6 is 11.6 Å². The minimum Gasteiger partial charge on any atom is -0.506 e. The molecule has 0 bridgehead atoms. The SMILES string of the molecule is CC.O=C(Nc1ccc(Cl)cc1O)c1ccccc1. The first-order valence-electron chi connectivity index (χ1n) is 6.02. The lowest BCUT2D eigenvalue weighted by molar-refractivity contribution is 0.102. The van der Waals surface area contributed by atoms with E-state index in [-0.39, 0.29) is 11.7 Å². The topological polar surface area (TPSA) is 49.3 Å². The van der Waals surface area contributed by atoms with Gasteiger partial charge >= 0.3 is 0 Å². The summed E-state index contributed by atoms with van der Waals surface area (Å²) >= 11 is 5.70. The van der Waals surface area contributed by atoms with E-state index in [0.29, 0.717) is 16.3 Å². The van der Waals surface area contributed by atoms with Crippen LogP contribution in [0, 0.1) is 0 Å². The molecule has 0 aromatic heterocycles. The summed E-state index contributed by atoms with van der Waals surface area (Å²) < 4.78 is 0. The van der Waals surface area contributed by atoms with E-state index < -0.39 is 0 Å². The van der Waals surface area contributed by atoms with Crippen LogP contribution in [-0.4, -0.2) is 11.0 Å². The van der Waals surface area contributed by atoms with Gasteiger partial charge < -0.3 is 10.4 Å². The Hall–Kier alpha value is -2.00. The molecule has 1 amide bonds. The van der Waals surface area contributed by atoms with Crippen molar-refractivity contribution < 1.29 is 9.90 Å². The summed E-state index contributed by atoms with van der Waals surface area (Å²) in [7, 11) is 0. The molecule has 0 radical (unpaired) electrons. The standard InChI is InChI=1S/C13H10ClNO2.C2H6/c14-10-6-7-11(12(16)8-10)15-13(17)9-4-2-1-3-5-9;1-2/h1-8,16H,(H,15,17);1-2H3. The van der Waals surface area contributed by atoms with Gasteiger partial charge in [0.05, 0.1) is 5.69 Å². The molecule has 0 aliphatic heterocycles. The largest absolute Gasteiger partial charge is 0.506 e. The van der Waals surface area contributed by atoms with Crippen LogP contribution in [0.4, 0.5) is 5.69 Å². The number of anilines is 1. The molecular formula is C15H16ClNO2. The minimum absolute atomic E-state index is 0.0539. The van der Waals surface area contributed by atoms with Gasteiger partial charge in [0.15, 0.2) is 0 Å². The Morgan fingerprint density at radius 1 is 1.11 bits per heavy atom. The van der Waals surface area contributed by atoms with Crippen molar-refractivity contribution in [2.45, 2.75) is 13.8 Å². The molecule has 0 unspecified atom stereocenters. The maximum atomic E-state index is 11.8. The first-order chi connectivity index (χ1) is 9.16. The number of halogens is 1. The van der Waals surface area contributed by atoms with Gasteiger partial charge in [-0.2, -0.15) is 0 Å². The maximum Gasteiger partial charge on any atom is 0.255 e. The Bertz CT molecular complexity index is 541. The molecule has 2 aromatic rings. The lowest BCUT2D eigenvalue weighted by atomic mass is 10.2. The number of nitrogens with one attached hydrogen (secondary N) is 1. The molecule has 0 saturated carbocycles. The zero-order chi connectivity index (χ0) is 14.3. The van der Waals surface area contributed by atoms with Crippen LogP contribution in [0.5, 0.6) is 5.75 Å². The van der Waals surface area contributed by atoms with Crippen LogP contribution in [0.2, 0.25) is 5.02 Å². The number of phenolic OH excluding ortho intramolecular Hbond substituents is 1. The van der Waals surface area contributed by atoms with Crippen molar-refractivity contribution in [3.8, 4) is 5.75 Å². The molecule has 0 spiro atoms. The highest BCUT2D eigenvalue weighted by atomic mass is 35.5. The molecule has 2 aromatic carbocycles. The lowest BCUT2D eigenvalue weighted by Gasteiger charge is -2.07. The molecule has 2 rings (SSSR count). The van der Waals surface area contributed by atoms with Crippen LogP contribution in [-0.2, 0) is 0 Å². The molecule has 2 N–H and O–H groups in total.